The van der Waals surface area contributed by atoms with Crippen LogP contribution in [0.3, 0.4) is 0 Å². The zero-order valence-electron chi connectivity index (χ0n) is 7.42. The van der Waals surface area contributed by atoms with E-state index in [1.54, 1.807) is 6.08 Å². The fourth-order valence-corrected chi connectivity index (χ4v) is 1.25. The van der Waals surface area contributed by atoms with Gasteiger partial charge in [-0.05, 0) is 6.92 Å². The first-order valence-electron chi connectivity index (χ1n) is 4.14. The van der Waals surface area contributed by atoms with Crippen LogP contribution in [0.5, 0.6) is 0 Å². The highest BCUT2D eigenvalue weighted by atomic mass is 16.5. The van der Waals surface area contributed by atoms with Crippen LogP contribution in [0.2, 0.25) is 0 Å². The van der Waals surface area contributed by atoms with E-state index in [4.69, 9.17) is 10.5 Å². The van der Waals surface area contributed by atoms with Gasteiger partial charge in [-0.3, -0.25) is 0 Å². The molecule has 0 aromatic heterocycles. The zero-order chi connectivity index (χ0) is 8.97. The summed E-state index contributed by atoms with van der Waals surface area (Å²) in [5.41, 5.74) is 6.97. The number of rotatable bonds is 2. The lowest BCUT2D eigenvalue weighted by Gasteiger charge is -2.22. The molecule has 2 heteroatoms. The van der Waals surface area contributed by atoms with Crippen molar-refractivity contribution in [2.24, 2.45) is 5.73 Å². The Balaban J connectivity index is 2.80. The van der Waals surface area contributed by atoms with E-state index in [-0.39, 0.29) is 6.04 Å². The van der Waals surface area contributed by atoms with Crippen molar-refractivity contribution < 1.29 is 4.74 Å². The van der Waals surface area contributed by atoms with Crippen molar-refractivity contribution >= 4 is 0 Å². The zero-order valence-corrected chi connectivity index (χ0v) is 7.42. The van der Waals surface area contributed by atoms with Gasteiger partial charge in [0, 0.05) is 18.0 Å². The Morgan fingerprint density at radius 1 is 1.67 bits per heavy atom. The van der Waals surface area contributed by atoms with Gasteiger partial charge < -0.3 is 10.5 Å². The summed E-state index contributed by atoms with van der Waals surface area (Å²) >= 11 is 0. The molecule has 2 nitrogen and oxygen atoms in total. The largest absolute Gasteiger partial charge is 0.498 e. The van der Waals surface area contributed by atoms with Crippen molar-refractivity contribution in [2.45, 2.75) is 19.4 Å². The normalized spacial score (nSPS) is 24.3. The number of ether oxygens (including phenoxy) is 1. The fourth-order valence-electron chi connectivity index (χ4n) is 1.25. The summed E-state index contributed by atoms with van der Waals surface area (Å²) in [6, 6.07) is 0.120. The van der Waals surface area contributed by atoms with Crippen LogP contribution in [-0.2, 0) is 4.74 Å². The second kappa shape index (κ2) is 4.12. The van der Waals surface area contributed by atoms with E-state index in [1.165, 1.54) is 0 Å². The van der Waals surface area contributed by atoms with Gasteiger partial charge in [-0.25, -0.2) is 0 Å². The molecule has 0 spiro atoms. The van der Waals surface area contributed by atoms with Gasteiger partial charge in [0.15, 0.2) is 0 Å². The fraction of sp³-hybridized carbons (Fsp3) is 0.400. The van der Waals surface area contributed by atoms with Gasteiger partial charge in [0.2, 0.25) is 0 Å². The molecule has 0 saturated heterocycles. The highest BCUT2D eigenvalue weighted by Crippen LogP contribution is 2.18. The first-order chi connectivity index (χ1) is 5.75. The molecule has 66 valence electrons. The maximum absolute atomic E-state index is 5.89. The smallest absolute Gasteiger partial charge is 0.0976 e. The third kappa shape index (κ3) is 1.98. The third-order valence-electron chi connectivity index (χ3n) is 1.97. The lowest BCUT2D eigenvalue weighted by Crippen LogP contribution is -2.28. The van der Waals surface area contributed by atoms with Crippen LogP contribution < -0.4 is 5.73 Å². The molecule has 0 saturated carbocycles. The van der Waals surface area contributed by atoms with E-state index in [0.29, 0.717) is 0 Å². The Hall–Kier alpha value is -1.02. The van der Waals surface area contributed by atoms with Crippen LogP contribution in [0.4, 0.5) is 0 Å². The van der Waals surface area contributed by atoms with Crippen molar-refractivity contribution in [1.29, 1.82) is 0 Å². The van der Waals surface area contributed by atoms with Gasteiger partial charge in [0.05, 0.1) is 12.4 Å². The summed E-state index contributed by atoms with van der Waals surface area (Å²) in [6.07, 6.45) is 6.48. The SMILES string of the molecule is C=C/C=C\C1=C(C)OCCC1N. The lowest BCUT2D eigenvalue weighted by atomic mass is 10.0. The van der Waals surface area contributed by atoms with Gasteiger partial charge in [-0.15, -0.1) is 0 Å². The molecule has 1 aliphatic heterocycles. The number of allylic oxidation sites excluding steroid dienone is 3. The molecule has 2 N–H and O–H groups in total. The Bertz CT molecular complexity index is 228. The molecule has 0 aromatic rings. The summed E-state index contributed by atoms with van der Waals surface area (Å²) in [6.45, 7) is 6.28. The molecule has 1 atom stereocenters. The van der Waals surface area contributed by atoms with Gasteiger partial charge in [-0.1, -0.05) is 24.8 Å². The van der Waals surface area contributed by atoms with E-state index in [0.717, 1.165) is 24.4 Å². The maximum atomic E-state index is 5.89. The Kier molecular flexibility index (Phi) is 3.11. The topological polar surface area (TPSA) is 35.2 Å². The van der Waals surface area contributed by atoms with Crippen molar-refractivity contribution in [3.05, 3.63) is 36.1 Å². The van der Waals surface area contributed by atoms with Crippen molar-refractivity contribution in [3.63, 3.8) is 0 Å². The van der Waals surface area contributed by atoms with Crippen molar-refractivity contribution in [2.75, 3.05) is 6.61 Å². The predicted octanol–water partition coefficient (Wildman–Crippen LogP) is 1.75. The second-order valence-electron chi connectivity index (χ2n) is 2.85. The minimum atomic E-state index is 0.120. The lowest BCUT2D eigenvalue weighted by molar-refractivity contribution is 0.184. The molecule has 0 amide bonds. The van der Waals surface area contributed by atoms with Crippen LogP contribution in [0.1, 0.15) is 13.3 Å². The molecular weight excluding hydrogens is 150 g/mol. The van der Waals surface area contributed by atoms with Gasteiger partial charge in [-0.2, -0.15) is 0 Å². The molecule has 1 heterocycles. The minimum absolute atomic E-state index is 0.120. The first-order valence-corrected chi connectivity index (χ1v) is 4.14. The molecule has 0 bridgehead atoms. The van der Waals surface area contributed by atoms with Crippen LogP contribution in [-0.4, -0.2) is 12.6 Å². The van der Waals surface area contributed by atoms with Crippen LogP contribution >= 0.6 is 0 Å². The number of hydrogen-bond donors (Lipinski definition) is 1. The van der Waals surface area contributed by atoms with Gasteiger partial charge in [0.25, 0.3) is 0 Å². The summed E-state index contributed by atoms with van der Waals surface area (Å²) < 4.78 is 5.37. The summed E-state index contributed by atoms with van der Waals surface area (Å²) in [4.78, 5) is 0. The monoisotopic (exact) mass is 165 g/mol. The Morgan fingerprint density at radius 3 is 3.00 bits per heavy atom. The number of hydrogen-bond acceptors (Lipinski definition) is 2. The van der Waals surface area contributed by atoms with E-state index >= 15 is 0 Å². The molecular formula is C10H15NO. The second-order valence-corrected chi connectivity index (χ2v) is 2.85. The predicted molar refractivity (Wildman–Crippen MR) is 50.6 cm³/mol. The first kappa shape index (κ1) is 9.07. The van der Waals surface area contributed by atoms with Gasteiger partial charge in [0.1, 0.15) is 0 Å². The highest BCUT2D eigenvalue weighted by Gasteiger charge is 2.15. The quantitative estimate of drug-likeness (QED) is 0.633. The highest BCUT2D eigenvalue weighted by molar-refractivity contribution is 5.29. The Morgan fingerprint density at radius 2 is 2.42 bits per heavy atom. The molecule has 12 heavy (non-hydrogen) atoms. The molecule has 1 unspecified atom stereocenters. The third-order valence-corrected chi connectivity index (χ3v) is 1.97. The van der Waals surface area contributed by atoms with Crippen LogP contribution in [0, 0.1) is 0 Å². The molecule has 1 aliphatic rings. The van der Waals surface area contributed by atoms with E-state index in [9.17, 15) is 0 Å². The molecule has 0 aliphatic carbocycles. The van der Waals surface area contributed by atoms with Crippen molar-refractivity contribution in [1.82, 2.24) is 0 Å². The summed E-state index contributed by atoms with van der Waals surface area (Å²) in [5, 5.41) is 0. The summed E-state index contributed by atoms with van der Waals surface area (Å²) in [7, 11) is 0. The Labute approximate surface area is 73.4 Å². The van der Waals surface area contributed by atoms with Crippen LogP contribution in [0.25, 0.3) is 0 Å². The maximum Gasteiger partial charge on any atom is 0.0976 e. The van der Waals surface area contributed by atoms with Gasteiger partial charge >= 0.3 is 0 Å². The molecule has 0 radical (unpaired) electrons. The molecule has 0 fully saturated rings. The molecule has 0 aromatic carbocycles. The van der Waals surface area contributed by atoms with Crippen LogP contribution in [0.15, 0.2) is 36.1 Å². The summed E-state index contributed by atoms with van der Waals surface area (Å²) in [5.74, 6) is 0.937. The standard InChI is InChI=1S/C10H15NO/c1-3-4-5-9-8(2)12-7-6-10(9)11/h3-5,10H,1,6-7,11H2,2H3/b5-4-. The van der Waals surface area contributed by atoms with E-state index < -0.39 is 0 Å². The number of nitrogens with two attached hydrogens (primary N) is 1. The molecule has 1 rings (SSSR count). The average molecular weight is 165 g/mol. The van der Waals surface area contributed by atoms with E-state index in [1.807, 2.05) is 19.1 Å². The minimum Gasteiger partial charge on any atom is -0.498 e. The average Bonchev–Trinajstić information content (AvgIpc) is 2.04. The van der Waals surface area contributed by atoms with Crippen molar-refractivity contribution in [3.8, 4) is 0 Å². The van der Waals surface area contributed by atoms with E-state index in [2.05, 4.69) is 6.58 Å².